The van der Waals surface area contributed by atoms with Crippen LogP contribution in [0.1, 0.15) is 23.5 Å². The standard InChI is InChI=1S/C21H22N4O2S/c1-27-18-10-3-2-8-16(18)24-12-6-9-17(24)20-19(15-7-4-5-11-22-15)23-21(28)25(20)13-14-26/h2-12,19-20,26H,13-14H2,1H3,(H,23,28)/t19-,20-/m0/s1. The van der Waals surface area contributed by atoms with Gasteiger partial charge in [0, 0.05) is 24.6 Å². The van der Waals surface area contributed by atoms with E-state index in [1.807, 2.05) is 59.6 Å². The van der Waals surface area contributed by atoms with Crippen molar-refractivity contribution in [3.8, 4) is 11.4 Å². The first kappa shape index (κ1) is 18.5. The Hall–Kier alpha value is -2.90. The highest BCUT2D eigenvalue weighted by Crippen LogP contribution is 2.40. The Kier molecular flexibility index (Phi) is 5.27. The van der Waals surface area contributed by atoms with Crippen molar-refractivity contribution < 1.29 is 9.84 Å². The molecular formula is C21H22N4O2S. The second-order valence-corrected chi connectivity index (χ2v) is 6.91. The van der Waals surface area contributed by atoms with Crippen molar-refractivity contribution in [1.29, 1.82) is 0 Å². The van der Waals surface area contributed by atoms with Crippen molar-refractivity contribution in [3.63, 3.8) is 0 Å². The Bertz CT molecular complexity index is 960. The molecule has 0 unspecified atom stereocenters. The Morgan fingerprint density at radius 1 is 1.14 bits per heavy atom. The van der Waals surface area contributed by atoms with Gasteiger partial charge < -0.3 is 24.6 Å². The van der Waals surface area contributed by atoms with Crippen molar-refractivity contribution in [2.45, 2.75) is 12.1 Å². The molecule has 28 heavy (non-hydrogen) atoms. The predicted molar refractivity (Wildman–Crippen MR) is 112 cm³/mol. The summed E-state index contributed by atoms with van der Waals surface area (Å²) < 4.78 is 7.68. The lowest BCUT2D eigenvalue weighted by Crippen LogP contribution is -2.32. The number of para-hydroxylation sites is 2. The van der Waals surface area contributed by atoms with Gasteiger partial charge in [-0.1, -0.05) is 18.2 Å². The number of ether oxygens (including phenoxy) is 1. The van der Waals surface area contributed by atoms with Gasteiger partial charge >= 0.3 is 0 Å². The summed E-state index contributed by atoms with van der Waals surface area (Å²) in [5, 5.41) is 13.6. The number of aromatic nitrogens is 2. The average Bonchev–Trinajstić information content (AvgIpc) is 3.33. The number of nitrogens with zero attached hydrogens (tertiary/aromatic N) is 3. The molecule has 0 saturated carbocycles. The number of thiocarbonyl (C=S) groups is 1. The van der Waals surface area contributed by atoms with Crippen LogP contribution in [0.5, 0.6) is 5.75 Å². The molecule has 1 aromatic carbocycles. The number of rotatable bonds is 6. The summed E-state index contributed by atoms with van der Waals surface area (Å²) in [5.41, 5.74) is 2.90. The minimum Gasteiger partial charge on any atom is -0.495 e. The van der Waals surface area contributed by atoms with Gasteiger partial charge in [-0.3, -0.25) is 4.98 Å². The van der Waals surface area contributed by atoms with Gasteiger partial charge in [0.2, 0.25) is 0 Å². The van der Waals surface area contributed by atoms with Crippen LogP contribution in [0.25, 0.3) is 5.69 Å². The molecule has 2 N–H and O–H groups in total. The Morgan fingerprint density at radius 2 is 1.96 bits per heavy atom. The third-order valence-corrected chi connectivity index (χ3v) is 5.32. The zero-order valence-electron chi connectivity index (χ0n) is 15.5. The number of benzene rings is 1. The predicted octanol–water partition coefficient (Wildman–Crippen LogP) is 2.85. The molecule has 144 valence electrons. The molecule has 0 bridgehead atoms. The van der Waals surface area contributed by atoms with E-state index < -0.39 is 0 Å². The van der Waals surface area contributed by atoms with Gasteiger partial charge in [0.05, 0.1) is 37.2 Å². The lowest BCUT2D eigenvalue weighted by Gasteiger charge is -2.28. The minimum absolute atomic E-state index is 0.0165. The first-order chi connectivity index (χ1) is 13.7. The van der Waals surface area contributed by atoms with E-state index >= 15 is 0 Å². The summed E-state index contributed by atoms with van der Waals surface area (Å²) in [7, 11) is 1.67. The van der Waals surface area contributed by atoms with E-state index in [-0.39, 0.29) is 18.7 Å². The summed E-state index contributed by atoms with van der Waals surface area (Å²) in [4.78, 5) is 6.56. The van der Waals surface area contributed by atoms with E-state index in [0.29, 0.717) is 11.7 Å². The van der Waals surface area contributed by atoms with E-state index in [1.165, 1.54) is 0 Å². The highest BCUT2D eigenvalue weighted by atomic mass is 32.1. The maximum Gasteiger partial charge on any atom is 0.170 e. The molecular weight excluding hydrogens is 372 g/mol. The molecule has 6 nitrogen and oxygen atoms in total. The summed E-state index contributed by atoms with van der Waals surface area (Å²) in [6.45, 7) is 0.458. The maximum absolute atomic E-state index is 9.61. The average molecular weight is 395 g/mol. The van der Waals surface area contributed by atoms with E-state index in [2.05, 4.69) is 20.9 Å². The molecule has 0 radical (unpaired) electrons. The summed E-state index contributed by atoms with van der Waals surface area (Å²) in [5.74, 6) is 0.788. The van der Waals surface area contributed by atoms with E-state index in [4.69, 9.17) is 17.0 Å². The monoisotopic (exact) mass is 394 g/mol. The van der Waals surface area contributed by atoms with Crippen molar-refractivity contribution in [1.82, 2.24) is 19.8 Å². The second-order valence-electron chi connectivity index (χ2n) is 6.52. The smallest absolute Gasteiger partial charge is 0.170 e. The van der Waals surface area contributed by atoms with Crippen LogP contribution in [0.15, 0.2) is 67.0 Å². The first-order valence-electron chi connectivity index (χ1n) is 9.14. The van der Waals surface area contributed by atoms with E-state index in [0.717, 1.165) is 22.8 Å². The van der Waals surface area contributed by atoms with Gasteiger partial charge in [-0.25, -0.2) is 0 Å². The quantitative estimate of drug-likeness (QED) is 0.627. The molecule has 2 atom stereocenters. The molecule has 3 heterocycles. The molecule has 0 spiro atoms. The van der Waals surface area contributed by atoms with Crippen LogP contribution in [0, 0.1) is 0 Å². The number of hydrogen-bond acceptors (Lipinski definition) is 4. The van der Waals surface area contributed by atoms with Crippen LogP contribution in [0.2, 0.25) is 0 Å². The topological polar surface area (TPSA) is 62.5 Å². The third-order valence-electron chi connectivity index (χ3n) is 4.97. The van der Waals surface area contributed by atoms with Crippen LogP contribution < -0.4 is 10.1 Å². The van der Waals surface area contributed by atoms with Crippen molar-refractivity contribution in [2.75, 3.05) is 20.3 Å². The van der Waals surface area contributed by atoms with Crippen molar-refractivity contribution >= 4 is 17.3 Å². The zero-order valence-corrected chi connectivity index (χ0v) is 16.3. The fourth-order valence-corrected chi connectivity index (χ4v) is 4.09. The number of hydrogen-bond donors (Lipinski definition) is 2. The first-order valence-corrected chi connectivity index (χ1v) is 9.55. The molecule has 2 aromatic heterocycles. The minimum atomic E-state index is -0.122. The Balaban J connectivity index is 1.83. The number of aliphatic hydroxyl groups excluding tert-OH is 1. The van der Waals surface area contributed by atoms with Gasteiger partial charge in [-0.05, 0) is 48.6 Å². The van der Waals surface area contributed by atoms with Gasteiger partial charge in [0.1, 0.15) is 5.75 Å². The molecule has 1 saturated heterocycles. The van der Waals surface area contributed by atoms with Gasteiger partial charge in [0.15, 0.2) is 5.11 Å². The molecule has 0 amide bonds. The second kappa shape index (κ2) is 8.00. The van der Waals surface area contributed by atoms with E-state index in [1.54, 1.807) is 13.3 Å². The van der Waals surface area contributed by atoms with E-state index in [9.17, 15) is 5.11 Å². The fourth-order valence-electron chi connectivity index (χ4n) is 3.76. The molecule has 0 aliphatic carbocycles. The third kappa shape index (κ3) is 3.23. The lowest BCUT2D eigenvalue weighted by molar-refractivity contribution is 0.220. The van der Waals surface area contributed by atoms with Crippen LogP contribution >= 0.6 is 12.2 Å². The van der Waals surface area contributed by atoms with Crippen LogP contribution in [-0.2, 0) is 0 Å². The Morgan fingerprint density at radius 3 is 2.71 bits per heavy atom. The van der Waals surface area contributed by atoms with Gasteiger partial charge in [-0.15, -0.1) is 0 Å². The largest absolute Gasteiger partial charge is 0.495 e. The molecule has 1 aliphatic heterocycles. The number of pyridine rings is 1. The summed E-state index contributed by atoms with van der Waals surface area (Å²) >= 11 is 5.58. The van der Waals surface area contributed by atoms with Crippen molar-refractivity contribution in [2.24, 2.45) is 0 Å². The number of methoxy groups -OCH3 is 1. The molecule has 1 aliphatic rings. The number of nitrogens with one attached hydrogen (secondary N) is 1. The van der Waals surface area contributed by atoms with Crippen LogP contribution in [-0.4, -0.2) is 44.9 Å². The molecule has 1 fully saturated rings. The molecule has 3 aromatic rings. The maximum atomic E-state index is 9.61. The molecule has 4 rings (SSSR count). The van der Waals surface area contributed by atoms with Gasteiger partial charge in [0.25, 0.3) is 0 Å². The highest BCUT2D eigenvalue weighted by Gasteiger charge is 2.41. The zero-order chi connectivity index (χ0) is 19.5. The van der Waals surface area contributed by atoms with Crippen LogP contribution in [0.4, 0.5) is 0 Å². The Labute approximate surface area is 169 Å². The summed E-state index contributed by atoms with van der Waals surface area (Å²) in [6.07, 6.45) is 3.80. The number of β-amino-alcohol motifs (C(OH)–C–C–N with tert-alkyl or cyclic N) is 1. The fraction of sp³-hybridized carbons (Fsp3) is 0.238. The number of aliphatic hydroxyl groups is 1. The summed E-state index contributed by atoms with van der Waals surface area (Å²) in [6, 6.07) is 17.6. The van der Waals surface area contributed by atoms with Gasteiger partial charge in [-0.2, -0.15) is 0 Å². The van der Waals surface area contributed by atoms with Crippen LogP contribution in [0.3, 0.4) is 0 Å². The van der Waals surface area contributed by atoms with Crippen molar-refractivity contribution in [3.05, 3.63) is 78.4 Å². The highest BCUT2D eigenvalue weighted by molar-refractivity contribution is 7.80. The SMILES string of the molecule is COc1ccccc1-n1cccc1[C@H]1[C@H](c2ccccn2)NC(=S)N1CCO. The lowest BCUT2D eigenvalue weighted by atomic mass is 10.0. The molecule has 7 heteroatoms. The normalized spacial score (nSPS) is 18.9.